The van der Waals surface area contributed by atoms with Crippen LogP contribution >= 0.6 is 0 Å². The first-order valence-electron chi connectivity index (χ1n) is 9.64. The number of aryl methyl sites for hydroxylation is 1. The number of nitrogens with zero attached hydrogens (tertiary/aromatic N) is 3. The summed E-state index contributed by atoms with van der Waals surface area (Å²) in [5.41, 5.74) is 3.30. The molecule has 5 heteroatoms. The fourth-order valence-electron chi connectivity index (χ4n) is 3.64. The van der Waals surface area contributed by atoms with Crippen LogP contribution in [-0.4, -0.2) is 23.5 Å². The Kier molecular flexibility index (Phi) is 5.82. The van der Waals surface area contributed by atoms with Crippen molar-refractivity contribution in [2.75, 3.05) is 13.6 Å². The summed E-state index contributed by atoms with van der Waals surface area (Å²) in [5.74, 6) is 0. The Morgan fingerprint density at radius 1 is 1.10 bits per heavy atom. The molecule has 1 aromatic heterocycles. The molecule has 3 rings (SSSR count). The van der Waals surface area contributed by atoms with Crippen molar-refractivity contribution in [3.8, 4) is 12.1 Å². The van der Waals surface area contributed by atoms with Gasteiger partial charge in [-0.1, -0.05) is 31.2 Å². The van der Waals surface area contributed by atoms with E-state index in [0.717, 1.165) is 27.6 Å². The topological polar surface area (TPSA) is 83.7 Å². The highest BCUT2D eigenvalue weighted by Gasteiger charge is 2.28. The van der Waals surface area contributed by atoms with E-state index in [-0.39, 0.29) is 5.56 Å². The largest absolute Gasteiger partial charge is 0.322 e. The minimum atomic E-state index is -0.726. The molecule has 0 unspecified atom stereocenters. The number of pyridine rings is 1. The highest BCUT2D eigenvalue weighted by Crippen LogP contribution is 2.27. The van der Waals surface area contributed by atoms with E-state index in [1.807, 2.05) is 57.3 Å². The summed E-state index contributed by atoms with van der Waals surface area (Å²) in [7, 11) is 1.98. The lowest BCUT2D eigenvalue weighted by atomic mass is 9.83. The standard InChI is InChI=1S/C24H24N4O/c1-4-19-11-20-9-10-21(12-22(20)27-23(19)29)24(2,15-26)16-28(3)14-18-7-5-17(13-25)6-8-18/h5-12H,4,14,16H2,1-3H3,(H,27,29)/t24-/m0/s1. The average molecular weight is 384 g/mol. The molecular formula is C24H24N4O. The lowest BCUT2D eigenvalue weighted by Crippen LogP contribution is -2.35. The van der Waals surface area contributed by atoms with Gasteiger partial charge in [0.2, 0.25) is 0 Å². The molecule has 0 aliphatic heterocycles. The predicted octanol–water partition coefficient (Wildman–Crippen LogP) is 3.88. The summed E-state index contributed by atoms with van der Waals surface area (Å²) in [5, 5.41) is 19.8. The maximum absolute atomic E-state index is 12.2. The quantitative estimate of drug-likeness (QED) is 0.699. The van der Waals surface area contributed by atoms with Crippen molar-refractivity contribution >= 4 is 10.9 Å². The van der Waals surface area contributed by atoms with Crippen molar-refractivity contribution in [2.24, 2.45) is 0 Å². The number of aromatic nitrogens is 1. The number of nitriles is 2. The summed E-state index contributed by atoms with van der Waals surface area (Å²) >= 11 is 0. The zero-order chi connectivity index (χ0) is 21.0. The SMILES string of the molecule is CCc1cc2ccc([C@@](C)(C#N)CN(C)Cc3ccc(C#N)cc3)cc2[nH]c1=O. The molecule has 0 aliphatic rings. The maximum Gasteiger partial charge on any atom is 0.251 e. The first-order chi connectivity index (χ1) is 13.9. The molecule has 0 saturated heterocycles. The summed E-state index contributed by atoms with van der Waals surface area (Å²) in [6.07, 6.45) is 0.684. The van der Waals surface area contributed by atoms with Crippen molar-refractivity contribution in [1.82, 2.24) is 9.88 Å². The molecule has 2 aromatic carbocycles. The van der Waals surface area contributed by atoms with E-state index in [9.17, 15) is 10.1 Å². The van der Waals surface area contributed by atoms with Crippen molar-refractivity contribution < 1.29 is 0 Å². The minimum Gasteiger partial charge on any atom is -0.322 e. The molecule has 0 bridgehead atoms. The van der Waals surface area contributed by atoms with Gasteiger partial charge in [0.25, 0.3) is 5.56 Å². The summed E-state index contributed by atoms with van der Waals surface area (Å²) in [6.45, 7) is 5.09. The molecule has 0 aliphatic carbocycles. The monoisotopic (exact) mass is 384 g/mol. The molecular weight excluding hydrogens is 360 g/mol. The Hall–Kier alpha value is -3.41. The van der Waals surface area contributed by atoms with Gasteiger partial charge in [-0.3, -0.25) is 4.79 Å². The molecule has 1 heterocycles. The number of hydrogen-bond acceptors (Lipinski definition) is 4. The van der Waals surface area contributed by atoms with E-state index in [0.29, 0.717) is 25.1 Å². The van der Waals surface area contributed by atoms with Crippen LogP contribution in [0.15, 0.2) is 53.3 Å². The molecule has 146 valence electrons. The maximum atomic E-state index is 12.2. The second-order valence-electron chi connectivity index (χ2n) is 7.70. The van der Waals surface area contributed by atoms with Gasteiger partial charge >= 0.3 is 0 Å². The first-order valence-corrected chi connectivity index (χ1v) is 9.64. The molecule has 3 aromatic rings. The van der Waals surface area contributed by atoms with Gasteiger partial charge in [-0.05, 0) is 61.2 Å². The fraction of sp³-hybridized carbons (Fsp3) is 0.292. The fourth-order valence-corrected chi connectivity index (χ4v) is 3.64. The van der Waals surface area contributed by atoms with Crippen molar-refractivity contribution in [3.05, 3.63) is 81.1 Å². The number of nitrogens with one attached hydrogen (secondary N) is 1. The molecule has 0 saturated carbocycles. The Morgan fingerprint density at radius 2 is 1.83 bits per heavy atom. The van der Waals surface area contributed by atoms with Gasteiger partial charge in [0, 0.05) is 24.2 Å². The molecule has 1 atom stereocenters. The summed E-state index contributed by atoms with van der Waals surface area (Å²) in [4.78, 5) is 17.2. The summed E-state index contributed by atoms with van der Waals surface area (Å²) in [6, 6.07) is 19.8. The molecule has 29 heavy (non-hydrogen) atoms. The Morgan fingerprint density at radius 3 is 2.45 bits per heavy atom. The normalized spacial score (nSPS) is 13.0. The second-order valence-corrected chi connectivity index (χ2v) is 7.70. The van der Waals surface area contributed by atoms with Crippen LogP contribution in [0.2, 0.25) is 0 Å². The highest BCUT2D eigenvalue weighted by atomic mass is 16.1. The number of rotatable bonds is 6. The van der Waals surface area contributed by atoms with Gasteiger partial charge in [0.05, 0.1) is 23.1 Å². The van der Waals surface area contributed by atoms with Crippen LogP contribution in [0.3, 0.4) is 0 Å². The Labute approximate surface area is 170 Å². The van der Waals surface area contributed by atoms with Crippen LogP contribution < -0.4 is 5.56 Å². The molecule has 0 fully saturated rings. The van der Waals surface area contributed by atoms with Crippen LogP contribution in [0.25, 0.3) is 10.9 Å². The van der Waals surface area contributed by atoms with E-state index < -0.39 is 5.41 Å². The molecule has 0 amide bonds. The van der Waals surface area contributed by atoms with Crippen molar-refractivity contribution in [2.45, 2.75) is 32.2 Å². The molecule has 1 N–H and O–H groups in total. The summed E-state index contributed by atoms with van der Waals surface area (Å²) < 4.78 is 0. The van der Waals surface area contributed by atoms with E-state index in [1.165, 1.54) is 0 Å². The third kappa shape index (κ3) is 4.37. The lowest BCUT2D eigenvalue weighted by Gasteiger charge is -2.28. The Balaban J connectivity index is 1.85. The zero-order valence-corrected chi connectivity index (χ0v) is 17.0. The average Bonchev–Trinajstić information content (AvgIpc) is 2.73. The lowest BCUT2D eigenvalue weighted by molar-refractivity contribution is 0.281. The van der Waals surface area contributed by atoms with E-state index in [1.54, 1.807) is 12.1 Å². The van der Waals surface area contributed by atoms with Gasteiger partial charge in [0.15, 0.2) is 0 Å². The van der Waals surface area contributed by atoms with Crippen LogP contribution in [0.4, 0.5) is 0 Å². The van der Waals surface area contributed by atoms with Crippen LogP contribution in [0.5, 0.6) is 0 Å². The van der Waals surface area contributed by atoms with Crippen molar-refractivity contribution in [3.63, 3.8) is 0 Å². The van der Waals surface area contributed by atoms with Crippen LogP contribution in [-0.2, 0) is 18.4 Å². The van der Waals surface area contributed by atoms with Crippen LogP contribution in [0.1, 0.15) is 36.1 Å². The first kappa shape index (κ1) is 20.3. The number of likely N-dealkylation sites (N-methyl/N-ethyl adjacent to an activating group) is 1. The number of aromatic amines is 1. The van der Waals surface area contributed by atoms with Gasteiger partial charge in [-0.15, -0.1) is 0 Å². The molecule has 5 nitrogen and oxygen atoms in total. The minimum absolute atomic E-state index is 0.0752. The number of benzene rings is 2. The van der Waals surface area contributed by atoms with Gasteiger partial charge < -0.3 is 9.88 Å². The number of fused-ring (bicyclic) bond motifs is 1. The predicted molar refractivity (Wildman–Crippen MR) is 114 cm³/mol. The molecule has 0 spiro atoms. The number of H-pyrrole nitrogens is 1. The van der Waals surface area contributed by atoms with E-state index >= 15 is 0 Å². The zero-order valence-electron chi connectivity index (χ0n) is 17.0. The molecule has 0 radical (unpaired) electrons. The van der Waals surface area contributed by atoms with E-state index in [2.05, 4.69) is 22.0 Å². The highest BCUT2D eigenvalue weighted by molar-refractivity contribution is 5.80. The third-order valence-electron chi connectivity index (χ3n) is 5.31. The van der Waals surface area contributed by atoms with E-state index in [4.69, 9.17) is 5.26 Å². The van der Waals surface area contributed by atoms with Crippen molar-refractivity contribution in [1.29, 1.82) is 10.5 Å². The number of hydrogen-bond donors (Lipinski definition) is 1. The van der Waals surface area contributed by atoms with Crippen LogP contribution in [0, 0.1) is 22.7 Å². The van der Waals surface area contributed by atoms with Gasteiger partial charge in [0.1, 0.15) is 0 Å². The Bertz CT molecular complexity index is 1160. The smallest absolute Gasteiger partial charge is 0.251 e. The third-order valence-corrected chi connectivity index (χ3v) is 5.31. The van der Waals surface area contributed by atoms with Gasteiger partial charge in [-0.2, -0.15) is 10.5 Å². The van der Waals surface area contributed by atoms with Gasteiger partial charge in [-0.25, -0.2) is 0 Å². The second kappa shape index (κ2) is 8.31.